The second-order valence-corrected chi connectivity index (χ2v) is 4.79. The summed E-state index contributed by atoms with van der Waals surface area (Å²) < 4.78 is 18.1. The molecule has 0 N–H and O–H groups in total. The second-order valence-electron chi connectivity index (χ2n) is 4.79. The van der Waals surface area contributed by atoms with E-state index in [9.17, 15) is 0 Å². The number of benzene rings is 1. The lowest BCUT2D eigenvalue weighted by Crippen LogP contribution is -2.11. The van der Waals surface area contributed by atoms with Gasteiger partial charge in [0.05, 0.1) is 33.0 Å². The van der Waals surface area contributed by atoms with Gasteiger partial charge in [-0.2, -0.15) is 0 Å². The van der Waals surface area contributed by atoms with E-state index in [-0.39, 0.29) is 0 Å². The van der Waals surface area contributed by atoms with Gasteiger partial charge in [-0.05, 0) is 30.0 Å². The molecule has 0 aliphatic heterocycles. The molecule has 4 heteroatoms. The van der Waals surface area contributed by atoms with Crippen molar-refractivity contribution in [3.05, 3.63) is 36.0 Å². The van der Waals surface area contributed by atoms with Gasteiger partial charge in [-0.3, -0.25) is 0 Å². The van der Waals surface area contributed by atoms with Crippen molar-refractivity contribution in [1.29, 1.82) is 0 Å². The van der Waals surface area contributed by atoms with Gasteiger partial charge in [-0.15, -0.1) is 0 Å². The zero-order valence-electron chi connectivity index (χ0n) is 12.3. The number of aromatic nitrogens is 1. The van der Waals surface area contributed by atoms with E-state index >= 15 is 0 Å². The third-order valence-corrected chi connectivity index (χ3v) is 3.21. The highest BCUT2D eigenvalue weighted by Crippen LogP contribution is 2.17. The second kappa shape index (κ2) is 8.04. The Kier molecular flexibility index (Phi) is 6.05. The quantitative estimate of drug-likeness (QED) is 0.661. The molecule has 0 aliphatic rings. The lowest BCUT2D eigenvalue weighted by atomic mass is 10.2. The van der Waals surface area contributed by atoms with Gasteiger partial charge in [-0.25, -0.2) is 0 Å². The van der Waals surface area contributed by atoms with Crippen LogP contribution in [-0.4, -0.2) is 44.7 Å². The minimum atomic E-state index is 0.620. The number of rotatable bonds is 9. The molecular formula is C16H23NO3. The lowest BCUT2D eigenvalue weighted by Gasteiger charge is -2.08. The van der Waals surface area contributed by atoms with Crippen LogP contribution in [-0.2, 0) is 20.8 Å². The molecule has 0 spiro atoms. The molecule has 0 saturated carbocycles. The number of methoxy groups -OCH3 is 1. The Morgan fingerprint density at radius 1 is 0.950 bits per heavy atom. The summed E-state index contributed by atoms with van der Waals surface area (Å²) in [5, 5.41) is 1.28. The molecular weight excluding hydrogens is 254 g/mol. The number of fused-ring (bicyclic) bond motifs is 1. The minimum Gasteiger partial charge on any atom is -0.382 e. The smallest absolute Gasteiger partial charge is 0.0701 e. The van der Waals surface area contributed by atoms with Crippen LogP contribution in [0, 0.1) is 6.92 Å². The van der Waals surface area contributed by atoms with Crippen LogP contribution < -0.4 is 0 Å². The van der Waals surface area contributed by atoms with Crippen LogP contribution in [0.3, 0.4) is 0 Å². The first-order valence-corrected chi connectivity index (χ1v) is 7.01. The molecule has 0 amide bonds. The number of hydrogen-bond donors (Lipinski definition) is 0. The standard InChI is InChI=1S/C16H23NO3/c1-14-3-4-15-5-6-17(16(15)13-14)7-8-19-11-12-20-10-9-18-2/h3-6,13H,7-12H2,1-2H3. The van der Waals surface area contributed by atoms with Crippen LogP contribution in [0.5, 0.6) is 0 Å². The van der Waals surface area contributed by atoms with Gasteiger partial charge < -0.3 is 18.8 Å². The molecule has 20 heavy (non-hydrogen) atoms. The van der Waals surface area contributed by atoms with Crippen LogP contribution in [0.4, 0.5) is 0 Å². The molecule has 4 nitrogen and oxygen atoms in total. The van der Waals surface area contributed by atoms with Crippen molar-refractivity contribution in [2.45, 2.75) is 13.5 Å². The van der Waals surface area contributed by atoms with Crippen LogP contribution in [0.15, 0.2) is 30.5 Å². The van der Waals surface area contributed by atoms with Crippen molar-refractivity contribution < 1.29 is 14.2 Å². The Hall–Kier alpha value is -1.36. The molecule has 0 aliphatic carbocycles. The minimum absolute atomic E-state index is 0.620. The Bertz CT molecular complexity index is 521. The summed E-state index contributed by atoms with van der Waals surface area (Å²) in [6, 6.07) is 8.65. The first-order valence-electron chi connectivity index (χ1n) is 7.01. The van der Waals surface area contributed by atoms with E-state index in [1.807, 2.05) is 0 Å². The third-order valence-electron chi connectivity index (χ3n) is 3.21. The van der Waals surface area contributed by atoms with Crippen molar-refractivity contribution in [2.75, 3.05) is 40.1 Å². The summed E-state index contributed by atoms with van der Waals surface area (Å²) in [5.74, 6) is 0. The first kappa shape index (κ1) is 15.0. The van der Waals surface area contributed by atoms with Crippen LogP contribution in [0.1, 0.15) is 5.56 Å². The first-order chi connectivity index (χ1) is 9.81. The van der Waals surface area contributed by atoms with Crippen molar-refractivity contribution in [3.8, 4) is 0 Å². The van der Waals surface area contributed by atoms with E-state index in [2.05, 4.69) is 42.0 Å². The van der Waals surface area contributed by atoms with E-state index in [4.69, 9.17) is 14.2 Å². The topological polar surface area (TPSA) is 32.6 Å². The molecule has 2 aromatic rings. The highest BCUT2D eigenvalue weighted by atomic mass is 16.5. The maximum Gasteiger partial charge on any atom is 0.0701 e. The van der Waals surface area contributed by atoms with E-state index in [1.165, 1.54) is 16.5 Å². The fraction of sp³-hybridized carbons (Fsp3) is 0.500. The number of aryl methyl sites for hydroxylation is 1. The number of ether oxygens (including phenoxy) is 3. The van der Waals surface area contributed by atoms with Gasteiger partial charge in [-0.1, -0.05) is 12.1 Å². The molecule has 1 heterocycles. The fourth-order valence-corrected chi connectivity index (χ4v) is 2.12. The molecule has 0 saturated heterocycles. The third kappa shape index (κ3) is 4.34. The zero-order chi connectivity index (χ0) is 14.2. The van der Waals surface area contributed by atoms with Gasteiger partial charge in [0.25, 0.3) is 0 Å². The molecule has 0 bridgehead atoms. The van der Waals surface area contributed by atoms with E-state index in [1.54, 1.807) is 7.11 Å². The van der Waals surface area contributed by atoms with E-state index < -0.39 is 0 Å². The normalized spacial score (nSPS) is 11.3. The molecule has 1 aromatic carbocycles. The maximum atomic E-state index is 5.58. The summed E-state index contributed by atoms with van der Waals surface area (Å²) in [6.07, 6.45) is 2.11. The van der Waals surface area contributed by atoms with Crippen molar-refractivity contribution in [1.82, 2.24) is 4.57 Å². The molecule has 0 radical (unpaired) electrons. The van der Waals surface area contributed by atoms with Gasteiger partial charge in [0, 0.05) is 25.4 Å². The number of nitrogens with zero attached hydrogens (tertiary/aromatic N) is 1. The van der Waals surface area contributed by atoms with Gasteiger partial charge in [0.1, 0.15) is 0 Å². The summed E-state index contributed by atoms with van der Waals surface area (Å²) in [7, 11) is 1.67. The zero-order valence-corrected chi connectivity index (χ0v) is 12.3. The van der Waals surface area contributed by atoms with Crippen molar-refractivity contribution in [2.24, 2.45) is 0 Å². The molecule has 1 aromatic heterocycles. The van der Waals surface area contributed by atoms with Crippen LogP contribution in [0.25, 0.3) is 10.9 Å². The molecule has 0 atom stereocenters. The average molecular weight is 277 g/mol. The van der Waals surface area contributed by atoms with E-state index in [0.717, 1.165) is 6.54 Å². The average Bonchev–Trinajstić information content (AvgIpc) is 2.84. The van der Waals surface area contributed by atoms with Gasteiger partial charge in [0.2, 0.25) is 0 Å². The van der Waals surface area contributed by atoms with Crippen LogP contribution in [0.2, 0.25) is 0 Å². The Balaban J connectivity index is 1.69. The van der Waals surface area contributed by atoms with Gasteiger partial charge in [0.15, 0.2) is 0 Å². The highest BCUT2D eigenvalue weighted by molar-refractivity contribution is 5.80. The van der Waals surface area contributed by atoms with Crippen LogP contribution >= 0.6 is 0 Å². The Morgan fingerprint density at radius 2 is 1.70 bits per heavy atom. The number of hydrogen-bond acceptors (Lipinski definition) is 3. The Labute approximate surface area is 120 Å². The van der Waals surface area contributed by atoms with E-state index in [0.29, 0.717) is 33.0 Å². The maximum absolute atomic E-state index is 5.58. The molecule has 0 fully saturated rings. The van der Waals surface area contributed by atoms with Crippen molar-refractivity contribution in [3.63, 3.8) is 0 Å². The summed E-state index contributed by atoms with van der Waals surface area (Å²) >= 11 is 0. The lowest BCUT2D eigenvalue weighted by molar-refractivity contribution is 0.0232. The summed E-state index contributed by atoms with van der Waals surface area (Å²) in [6.45, 7) is 6.19. The Morgan fingerprint density at radius 3 is 2.50 bits per heavy atom. The fourth-order valence-electron chi connectivity index (χ4n) is 2.12. The summed E-state index contributed by atoms with van der Waals surface area (Å²) in [5.41, 5.74) is 2.55. The highest BCUT2D eigenvalue weighted by Gasteiger charge is 2.00. The van der Waals surface area contributed by atoms with Gasteiger partial charge >= 0.3 is 0 Å². The largest absolute Gasteiger partial charge is 0.382 e. The molecule has 2 rings (SSSR count). The van der Waals surface area contributed by atoms with Crippen molar-refractivity contribution >= 4 is 10.9 Å². The predicted molar refractivity (Wildman–Crippen MR) is 80.2 cm³/mol. The molecule has 110 valence electrons. The summed E-state index contributed by atoms with van der Waals surface area (Å²) in [4.78, 5) is 0. The predicted octanol–water partition coefficient (Wildman–Crippen LogP) is 2.63. The molecule has 0 unspecified atom stereocenters. The SMILES string of the molecule is COCCOCCOCCn1ccc2ccc(C)cc21. The monoisotopic (exact) mass is 277 g/mol.